The predicted molar refractivity (Wildman–Crippen MR) is 98.5 cm³/mol. The van der Waals surface area contributed by atoms with Gasteiger partial charge in [0.25, 0.3) is 0 Å². The molecule has 0 aliphatic carbocycles. The number of aromatic nitrogens is 1. The molecule has 0 unspecified atom stereocenters. The number of hydrogen-bond donors (Lipinski definition) is 1. The van der Waals surface area contributed by atoms with E-state index in [-0.39, 0.29) is 24.0 Å². The van der Waals surface area contributed by atoms with Crippen LogP contribution in [-0.2, 0) is 7.05 Å². The minimum Gasteiger partial charge on any atom is -0.365 e. The van der Waals surface area contributed by atoms with Crippen LogP contribution in [0.2, 0.25) is 0 Å². The van der Waals surface area contributed by atoms with Gasteiger partial charge in [0, 0.05) is 41.6 Å². The van der Waals surface area contributed by atoms with Gasteiger partial charge in [0.05, 0.1) is 0 Å². The van der Waals surface area contributed by atoms with Crippen molar-refractivity contribution in [3.05, 3.63) is 30.0 Å². The van der Waals surface area contributed by atoms with Crippen molar-refractivity contribution in [2.45, 2.75) is 24.7 Å². The minimum atomic E-state index is 0. The first kappa shape index (κ1) is 15.7. The molecule has 3 rings (SSSR count). The SMILES string of the molecule is Cc1c(SC2=NCCCCN2)c2ccccc2n1C.I. The molecule has 1 aromatic carbocycles. The highest BCUT2D eigenvalue weighted by Gasteiger charge is 2.15. The summed E-state index contributed by atoms with van der Waals surface area (Å²) in [6.07, 6.45) is 2.40. The molecule has 0 saturated heterocycles. The van der Waals surface area contributed by atoms with Gasteiger partial charge in [0.15, 0.2) is 5.17 Å². The van der Waals surface area contributed by atoms with Crippen molar-refractivity contribution in [2.24, 2.45) is 12.0 Å². The summed E-state index contributed by atoms with van der Waals surface area (Å²) in [6, 6.07) is 8.57. The number of benzene rings is 1. The Balaban J connectivity index is 0.00000147. The lowest BCUT2D eigenvalue weighted by molar-refractivity contribution is 0.750. The van der Waals surface area contributed by atoms with Crippen LogP contribution < -0.4 is 5.32 Å². The van der Waals surface area contributed by atoms with Gasteiger partial charge < -0.3 is 9.88 Å². The van der Waals surface area contributed by atoms with E-state index >= 15 is 0 Å². The van der Waals surface area contributed by atoms with Gasteiger partial charge in [0.2, 0.25) is 0 Å². The Hall–Kier alpha value is -0.690. The topological polar surface area (TPSA) is 29.3 Å². The van der Waals surface area contributed by atoms with E-state index in [9.17, 15) is 0 Å². The third kappa shape index (κ3) is 2.98. The van der Waals surface area contributed by atoms with E-state index in [1.165, 1.54) is 34.3 Å². The molecule has 0 bridgehead atoms. The number of para-hydroxylation sites is 1. The fourth-order valence-electron chi connectivity index (χ4n) is 2.45. The van der Waals surface area contributed by atoms with Crippen LogP contribution in [0, 0.1) is 6.92 Å². The molecule has 0 radical (unpaired) electrons. The Morgan fingerprint density at radius 1 is 1.25 bits per heavy atom. The van der Waals surface area contributed by atoms with E-state index in [2.05, 4.69) is 53.1 Å². The van der Waals surface area contributed by atoms with E-state index < -0.39 is 0 Å². The highest BCUT2D eigenvalue weighted by molar-refractivity contribution is 14.0. The second-order valence-corrected chi connectivity index (χ2v) is 5.91. The second-order valence-electron chi connectivity index (χ2n) is 4.91. The molecule has 1 aliphatic rings. The molecule has 1 N–H and O–H groups in total. The van der Waals surface area contributed by atoms with Crippen LogP contribution in [0.1, 0.15) is 18.5 Å². The standard InChI is InChI=1S/C15H19N3S.HI/c1-11-14(19-15-16-9-5-6-10-17-15)12-7-3-4-8-13(12)18(11)2;/h3-4,7-8H,5-6,9-10H2,1-2H3,(H,16,17);1H. The van der Waals surface area contributed by atoms with E-state index in [1.54, 1.807) is 11.8 Å². The highest BCUT2D eigenvalue weighted by atomic mass is 127. The van der Waals surface area contributed by atoms with E-state index in [0.29, 0.717) is 0 Å². The predicted octanol–water partition coefficient (Wildman–Crippen LogP) is 3.94. The number of rotatable bonds is 1. The number of thioether (sulfide) groups is 1. The van der Waals surface area contributed by atoms with Gasteiger partial charge >= 0.3 is 0 Å². The Morgan fingerprint density at radius 2 is 2.05 bits per heavy atom. The molecule has 0 amide bonds. The van der Waals surface area contributed by atoms with Crippen molar-refractivity contribution in [3.8, 4) is 0 Å². The van der Waals surface area contributed by atoms with Crippen LogP contribution in [0.3, 0.4) is 0 Å². The number of halogens is 1. The molecular formula is C15H20IN3S. The summed E-state index contributed by atoms with van der Waals surface area (Å²) in [6.45, 7) is 4.16. The summed E-state index contributed by atoms with van der Waals surface area (Å²) < 4.78 is 2.26. The molecular weight excluding hydrogens is 381 g/mol. The van der Waals surface area contributed by atoms with Crippen molar-refractivity contribution >= 4 is 51.8 Å². The number of nitrogens with one attached hydrogen (secondary N) is 1. The smallest absolute Gasteiger partial charge is 0.161 e. The quantitative estimate of drug-likeness (QED) is 0.734. The molecule has 1 aliphatic heterocycles. The molecule has 0 spiro atoms. The van der Waals surface area contributed by atoms with Crippen LogP contribution in [-0.4, -0.2) is 22.8 Å². The largest absolute Gasteiger partial charge is 0.365 e. The third-order valence-electron chi connectivity index (χ3n) is 3.66. The normalized spacial score (nSPS) is 15.2. The van der Waals surface area contributed by atoms with Gasteiger partial charge in [-0.3, -0.25) is 4.99 Å². The van der Waals surface area contributed by atoms with Crippen LogP contribution in [0.25, 0.3) is 10.9 Å². The summed E-state index contributed by atoms with van der Waals surface area (Å²) >= 11 is 1.77. The van der Waals surface area contributed by atoms with Gasteiger partial charge in [-0.1, -0.05) is 30.0 Å². The molecule has 0 fully saturated rings. The molecule has 3 nitrogen and oxygen atoms in total. The molecule has 2 heterocycles. The van der Waals surface area contributed by atoms with Crippen LogP contribution >= 0.6 is 35.7 Å². The number of hydrogen-bond acceptors (Lipinski definition) is 3. The maximum absolute atomic E-state index is 4.63. The molecule has 0 atom stereocenters. The summed E-state index contributed by atoms with van der Waals surface area (Å²) in [4.78, 5) is 5.96. The number of aryl methyl sites for hydroxylation is 1. The second kappa shape index (κ2) is 6.85. The van der Waals surface area contributed by atoms with Gasteiger partial charge in [-0.15, -0.1) is 24.0 Å². The summed E-state index contributed by atoms with van der Waals surface area (Å²) in [5.41, 5.74) is 2.59. The first-order chi connectivity index (χ1) is 9.27. The van der Waals surface area contributed by atoms with Crippen molar-refractivity contribution in [1.82, 2.24) is 9.88 Å². The lowest BCUT2D eigenvalue weighted by Gasteiger charge is -2.06. The van der Waals surface area contributed by atoms with E-state index in [4.69, 9.17) is 0 Å². The fraction of sp³-hybridized carbons (Fsp3) is 0.400. The lowest BCUT2D eigenvalue weighted by Crippen LogP contribution is -2.19. The molecule has 0 saturated carbocycles. The summed E-state index contributed by atoms with van der Waals surface area (Å²) in [7, 11) is 2.13. The van der Waals surface area contributed by atoms with Crippen LogP contribution in [0.15, 0.2) is 34.2 Å². The Kier molecular flexibility index (Phi) is 5.37. The lowest BCUT2D eigenvalue weighted by atomic mass is 10.2. The first-order valence-corrected chi connectivity index (χ1v) is 7.59. The Bertz CT molecular complexity index is 633. The zero-order valence-electron chi connectivity index (χ0n) is 11.8. The highest BCUT2D eigenvalue weighted by Crippen LogP contribution is 2.33. The Morgan fingerprint density at radius 3 is 2.90 bits per heavy atom. The fourth-order valence-corrected chi connectivity index (χ4v) is 3.54. The van der Waals surface area contributed by atoms with Crippen LogP contribution in [0.4, 0.5) is 0 Å². The average Bonchev–Trinajstić information content (AvgIpc) is 2.65. The van der Waals surface area contributed by atoms with Crippen molar-refractivity contribution in [1.29, 1.82) is 0 Å². The first-order valence-electron chi connectivity index (χ1n) is 6.77. The monoisotopic (exact) mass is 401 g/mol. The summed E-state index contributed by atoms with van der Waals surface area (Å²) in [5.74, 6) is 0. The maximum atomic E-state index is 4.63. The van der Waals surface area contributed by atoms with Crippen molar-refractivity contribution in [3.63, 3.8) is 0 Å². The van der Waals surface area contributed by atoms with Gasteiger partial charge in [-0.05, 0) is 25.8 Å². The number of nitrogens with zero attached hydrogens (tertiary/aromatic N) is 2. The minimum absolute atomic E-state index is 0. The Labute approximate surface area is 141 Å². The zero-order chi connectivity index (χ0) is 13.2. The van der Waals surface area contributed by atoms with Gasteiger partial charge in [0.1, 0.15) is 0 Å². The van der Waals surface area contributed by atoms with Crippen molar-refractivity contribution < 1.29 is 0 Å². The zero-order valence-corrected chi connectivity index (χ0v) is 15.0. The number of aliphatic imine (C=N–C) groups is 1. The molecule has 20 heavy (non-hydrogen) atoms. The third-order valence-corrected chi connectivity index (χ3v) is 4.84. The van der Waals surface area contributed by atoms with Crippen LogP contribution in [0.5, 0.6) is 0 Å². The van der Waals surface area contributed by atoms with Gasteiger partial charge in [-0.25, -0.2) is 0 Å². The number of amidine groups is 1. The molecule has 1 aromatic heterocycles. The molecule has 5 heteroatoms. The van der Waals surface area contributed by atoms with E-state index in [1.807, 2.05) is 0 Å². The van der Waals surface area contributed by atoms with Crippen molar-refractivity contribution in [2.75, 3.05) is 13.1 Å². The van der Waals surface area contributed by atoms with Gasteiger partial charge in [-0.2, -0.15) is 0 Å². The van der Waals surface area contributed by atoms with E-state index in [0.717, 1.165) is 18.3 Å². The molecule has 2 aromatic rings. The molecule has 108 valence electrons. The maximum Gasteiger partial charge on any atom is 0.161 e. The summed E-state index contributed by atoms with van der Waals surface area (Å²) in [5, 5.41) is 5.82. The average molecular weight is 401 g/mol. The number of fused-ring (bicyclic) bond motifs is 1.